The summed E-state index contributed by atoms with van der Waals surface area (Å²) in [7, 11) is 0. The number of aliphatic hydroxyl groups excluding tert-OH is 1. The fraction of sp³-hybridized carbons (Fsp3) is 0.562. The van der Waals surface area contributed by atoms with E-state index < -0.39 is 0 Å². The molecule has 1 aliphatic rings. The highest BCUT2D eigenvalue weighted by Crippen LogP contribution is 2.25. The highest BCUT2D eigenvalue weighted by molar-refractivity contribution is 5.86. The van der Waals surface area contributed by atoms with Gasteiger partial charge in [-0.2, -0.15) is 0 Å². The zero-order valence-corrected chi connectivity index (χ0v) is 12.1. The topological polar surface area (TPSA) is 61.4 Å². The van der Waals surface area contributed by atoms with Crippen molar-refractivity contribution in [2.24, 2.45) is 0 Å². The molecule has 4 nitrogen and oxygen atoms in total. The van der Waals surface area contributed by atoms with Gasteiger partial charge in [-0.1, -0.05) is 37.6 Å². The molecule has 1 atom stereocenters. The van der Waals surface area contributed by atoms with Gasteiger partial charge < -0.3 is 15.7 Å². The molecule has 1 saturated heterocycles. The van der Waals surface area contributed by atoms with Crippen molar-refractivity contribution < 1.29 is 9.90 Å². The maximum atomic E-state index is 12.5. The van der Waals surface area contributed by atoms with Gasteiger partial charge in [0.25, 0.3) is 0 Å². The molecule has 1 heterocycles. The Morgan fingerprint density at radius 1 is 1.45 bits per heavy atom. The first kappa shape index (κ1) is 15.0. The van der Waals surface area contributed by atoms with E-state index in [0.717, 1.165) is 43.4 Å². The van der Waals surface area contributed by atoms with Gasteiger partial charge in [0.05, 0.1) is 12.1 Å². The Labute approximate surface area is 120 Å². The maximum Gasteiger partial charge on any atom is 0.240 e. The van der Waals surface area contributed by atoms with Crippen LogP contribution in [0.1, 0.15) is 43.7 Å². The Morgan fingerprint density at radius 2 is 2.25 bits per heavy atom. The van der Waals surface area contributed by atoms with Crippen LogP contribution in [0.5, 0.6) is 0 Å². The van der Waals surface area contributed by atoms with Crippen molar-refractivity contribution in [3.05, 3.63) is 35.4 Å². The van der Waals surface area contributed by atoms with E-state index in [-0.39, 0.29) is 18.1 Å². The van der Waals surface area contributed by atoms with Crippen LogP contribution in [0, 0.1) is 0 Å². The SMILES string of the molecule is CCCC1(C(=O)NCc2cccc(CO)c2)CCCN1. The number of benzene rings is 1. The van der Waals surface area contributed by atoms with Gasteiger partial charge in [-0.05, 0) is 36.9 Å². The summed E-state index contributed by atoms with van der Waals surface area (Å²) in [5.41, 5.74) is 1.53. The lowest BCUT2D eigenvalue weighted by atomic mass is 9.91. The summed E-state index contributed by atoms with van der Waals surface area (Å²) in [6.07, 6.45) is 3.87. The normalized spacial score (nSPS) is 21.9. The Kier molecular flexibility index (Phi) is 5.15. The summed E-state index contributed by atoms with van der Waals surface area (Å²) in [6.45, 7) is 3.58. The van der Waals surface area contributed by atoms with Crippen molar-refractivity contribution in [1.82, 2.24) is 10.6 Å². The molecule has 1 fully saturated rings. The fourth-order valence-corrected chi connectivity index (χ4v) is 2.94. The number of carbonyl (C=O) groups is 1. The quantitative estimate of drug-likeness (QED) is 0.741. The van der Waals surface area contributed by atoms with Crippen LogP contribution < -0.4 is 10.6 Å². The Balaban J connectivity index is 1.96. The smallest absolute Gasteiger partial charge is 0.240 e. The van der Waals surface area contributed by atoms with Crippen LogP contribution in [0.2, 0.25) is 0 Å². The van der Waals surface area contributed by atoms with E-state index in [1.807, 2.05) is 24.3 Å². The fourth-order valence-electron chi connectivity index (χ4n) is 2.94. The van der Waals surface area contributed by atoms with E-state index in [9.17, 15) is 4.79 Å². The first-order chi connectivity index (χ1) is 9.70. The van der Waals surface area contributed by atoms with Crippen LogP contribution in [-0.4, -0.2) is 23.1 Å². The molecule has 0 aliphatic carbocycles. The lowest BCUT2D eigenvalue weighted by molar-refractivity contribution is -0.127. The van der Waals surface area contributed by atoms with Crippen molar-refractivity contribution in [3.63, 3.8) is 0 Å². The second kappa shape index (κ2) is 6.86. The second-order valence-corrected chi connectivity index (χ2v) is 5.52. The number of hydrogen-bond donors (Lipinski definition) is 3. The van der Waals surface area contributed by atoms with Gasteiger partial charge in [-0.25, -0.2) is 0 Å². The van der Waals surface area contributed by atoms with E-state index in [1.54, 1.807) is 0 Å². The van der Waals surface area contributed by atoms with Gasteiger partial charge in [0, 0.05) is 6.54 Å². The Bertz CT molecular complexity index is 454. The first-order valence-corrected chi connectivity index (χ1v) is 7.42. The van der Waals surface area contributed by atoms with Gasteiger partial charge in [-0.15, -0.1) is 0 Å². The molecule has 1 amide bonds. The number of carbonyl (C=O) groups excluding carboxylic acids is 1. The third-order valence-electron chi connectivity index (χ3n) is 3.98. The lowest BCUT2D eigenvalue weighted by Crippen LogP contribution is -2.53. The van der Waals surface area contributed by atoms with Crippen LogP contribution in [-0.2, 0) is 17.9 Å². The molecule has 0 bridgehead atoms. The monoisotopic (exact) mass is 276 g/mol. The molecule has 0 saturated carbocycles. The third-order valence-corrected chi connectivity index (χ3v) is 3.98. The highest BCUT2D eigenvalue weighted by atomic mass is 16.3. The highest BCUT2D eigenvalue weighted by Gasteiger charge is 2.39. The number of aliphatic hydroxyl groups is 1. The van der Waals surface area contributed by atoms with Crippen LogP contribution >= 0.6 is 0 Å². The van der Waals surface area contributed by atoms with Crippen molar-refractivity contribution in [2.45, 2.75) is 51.3 Å². The van der Waals surface area contributed by atoms with E-state index in [1.165, 1.54) is 0 Å². The number of nitrogens with one attached hydrogen (secondary N) is 2. The molecular formula is C16H24N2O2. The number of hydrogen-bond acceptors (Lipinski definition) is 3. The molecule has 3 N–H and O–H groups in total. The summed E-state index contributed by atoms with van der Waals surface area (Å²) in [5, 5.41) is 15.5. The molecular weight excluding hydrogens is 252 g/mol. The summed E-state index contributed by atoms with van der Waals surface area (Å²) < 4.78 is 0. The Hall–Kier alpha value is -1.39. The van der Waals surface area contributed by atoms with Gasteiger partial charge in [0.15, 0.2) is 0 Å². The van der Waals surface area contributed by atoms with E-state index in [0.29, 0.717) is 6.54 Å². The average molecular weight is 276 g/mol. The predicted molar refractivity (Wildman–Crippen MR) is 79.1 cm³/mol. The van der Waals surface area contributed by atoms with Crippen LogP contribution in [0.4, 0.5) is 0 Å². The second-order valence-electron chi connectivity index (χ2n) is 5.52. The van der Waals surface area contributed by atoms with Gasteiger partial charge in [-0.3, -0.25) is 4.79 Å². The third kappa shape index (κ3) is 3.38. The average Bonchev–Trinajstić information content (AvgIpc) is 2.95. The van der Waals surface area contributed by atoms with Gasteiger partial charge in [0.2, 0.25) is 5.91 Å². The van der Waals surface area contributed by atoms with Crippen molar-refractivity contribution >= 4 is 5.91 Å². The number of rotatable bonds is 6. The largest absolute Gasteiger partial charge is 0.392 e. The lowest BCUT2D eigenvalue weighted by Gasteiger charge is -2.27. The van der Waals surface area contributed by atoms with Gasteiger partial charge >= 0.3 is 0 Å². The first-order valence-electron chi connectivity index (χ1n) is 7.42. The van der Waals surface area contributed by atoms with Crippen molar-refractivity contribution in [1.29, 1.82) is 0 Å². The molecule has 1 aromatic carbocycles. The molecule has 0 aromatic heterocycles. The van der Waals surface area contributed by atoms with E-state index in [2.05, 4.69) is 17.6 Å². The minimum absolute atomic E-state index is 0.0309. The van der Waals surface area contributed by atoms with Crippen molar-refractivity contribution in [3.8, 4) is 0 Å². The molecule has 110 valence electrons. The molecule has 4 heteroatoms. The molecule has 1 unspecified atom stereocenters. The minimum atomic E-state index is -0.372. The van der Waals surface area contributed by atoms with Gasteiger partial charge in [0.1, 0.15) is 0 Å². The molecule has 1 aliphatic heterocycles. The molecule has 0 spiro atoms. The Morgan fingerprint density at radius 3 is 2.90 bits per heavy atom. The van der Waals surface area contributed by atoms with Crippen LogP contribution in [0.25, 0.3) is 0 Å². The summed E-state index contributed by atoms with van der Waals surface area (Å²) in [4.78, 5) is 12.5. The molecule has 2 rings (SSSR count). The zero-order chi connectivity index (χ0) is 14.4. The minimum Gasteiger partial charge on any atom is -0.392 e. The summed E-state index contributed by atoms with van der Waals surface area (Å²) >= 11 is 0. The predicted octanol–water partition coefficient (Wildman–Crippen LogP) is 1.72. The van der Waals surface area contributed by atoms with Crippen LogP contribution in [0.15, 0.2) is 24.3 Å². The molecule has 1 aromatic rings. The summed E-state index contributed by atoms with van der Waals surface area (Å²) in [6, 6.07) is 7.67. The van der Waals surface area contributed by atoms with Crippen molar-refractivity contribution in [2.75, 3.05) is 6.54 Å². The maximum absolute atomic E-state index is 12.5. The van der Waals surface area contributed by atoms with E-state index >= 15 is 0 Å². The molecule has 20 heavy (non-hydrogen) atoms. The van der Waals surface area contributed by atoms with Crippen LogP contribution in [0.3, 0.4) is 0 Å². The number of amides is 1. The summed E-state index contributed by atoms with van der Waals surface area (Å²) in [5.74, 6) is 0.103. The molecule has 0 radical (unpaired) electrons. The zero-order valence-electron chi connectivity index (χ0n) is 12.1. The standard InChI is InChI=1S/C16H24N2O2/c1-2-7-16(8-4-9-18-16)15(20)17-11-13-5-3-6-14(10-13)12-19/h3,5-6,10,18-19H,2,4,7-9,11-12H2,1H3,(H,17,20). The van der Waals surface area contributed by atoms with E-state index in [4.69, 9.17) is 5.11 Å².